The lowest BCUT2D eigenvalue weighted by molar-refractivity contribution is 0.660. The zero-order valence-corrected chi connectivity index (χ0v) is 37.0. The van der Waals surface area contributed by atoms with Crippen LogP contribution in [0.15, 0.2) is 221 Å². The summed E-state index contributed by atoms with van der Waals surface area (Å²) in [6, 6.07) is 78.1. The van der Waals surface area contributed by atoms with Crippen LogP contribution < -0.4 is 4.90 Å². The largest absolute Gasteiger partial charge is 0.455 e. The minimum atomic E-state index is -0.481. The standard InChI is InChI=1S/C64H41NO2/c1-63(2)52-25-10-6-18-42(52)46-32-30-39(34-56(46)63)65(40-31-33-47-45-21-9-13-28-55(45)64(57(47)35-40)53-26-11-7-19-43(53)44-20-8-12-27-54(44)64)58-29-15-24-49-51-37-59-50(36-60(51)67-62(49)58)48-23-14-22-41(61(48)66-59)38-16-4-3-5-17-38/h3-37H,1-2H3. The van der Waals surface area contributed by atoms with E-state index in [0.717, 1.165) is 72.1 Å². The molecule has 3 aliphatic rings. The molecule has 3 nitrogen and oxygen atoms in total. The molecule has 314 valence electrons. The molecule has 0 atom stereocenters. The van der Waals surface area contributed by atoms with Crippen molar-refractivity contribution in [3.8, 4) is 44.5 Å². The summed E-state index contributed by atoms with van der Waals surface area (Å²) < 4.78 is 14.0. The summed E-state index contributed by atoms with van der Waals surface area (Å²) in [5.74, 6) is 0. The van der Waals surface area contributed by atoms with Gasteiger partial charge in [-0.25, -0.2) is 0 Å². The van der Waals surface area contributed by atoms with Crippen LogP contribution in [0.3, 0.4) is 0 Å². The van der Waals surface area contributed by atoms with E-state index in [0.29, 0.717) is 0 Å². The normalized spacial score (nSPS) is 14.4. The Balaban J connectivity index is 0.984. The van der Waals surface area contributed by atoms with Crippen molar-refractivity contribution in [1.82, 2.24) is 0 Å². The van der Waals surface area contributed by atoms with Crippen molar-refractivity contribution in [1.29, 1.82) is 0 Å². The molecule has 0 aliphatic heterocycles. The molecule has 0 unspecified atom stereocenters. The van der Waals surface area contributed by atoms with E-state index in [1.807, 2.05) is 0 Å². The fourth-order valence-corrected chi connectivity index (χ4v) is 12.6. The van der Waals surface area contributed by atoms with Gasteiger partial charge in [0, 0.05) is 43.9 Å². The maximum Gasteiger partial charge on any atom is 0.159 e. The van der Waals surface area contributed by atoms with Crippen LogP contribution in [0.2, 0.25) is 0 Å². The molecule has 0 amide bonds. The molecular weight excluding hydrogens is 815 g/mol. The predicted octanol–water partition coefficient (Wildman–Crippen LogP) is 17.3. The van der Waals surface area contributed by atoms with Crippen molar-refractivity contribution in [2.24, 2.45) is 0 Å². The Morgan fingerprint density at radius 1 is 0.328 bits per heavy atom. The average molecular weight is 856 g/mol. The number of fused-ring (bicyclic) bond motifs is 19. The fraction of sp³-hybridized carbons (Fsp3) is 0.0625. The lowest BCUT2D eigenvalue weighted by Crippen LogP contribution is -2.26. The third kappa shape index (κ3) is 4.75. The average Bonchev–Trinajstić information content (AvgIpc) is 4.15. The Morgan fingerprint density at radius 2 is 0.776 bits per heavy atom. The number of anilines is 3. The molecule has 0 fully saturated rings. The molecule has 0 saturated heterocycles. The zero-order valence-electron chi connectivity index (χ0n) is 37.0. The molecule has 1 spiro atoms. The van der Waals surface area contributed by atoms with Gasteiger partial charge in [0.2, 0.25) is 0 Å². The molecule has 0 N–H and O–H groups in total. The predicted molar refractivity (Wildman–Crippen MR) is 275 cm³/mol. The summed E-state index contributed by atoms with van der Waals surface area (Å²) in [7, 11) is 0. The van der Waals surface area contributed by atoms with Crippen molar-refractivity contribution in [3.05, 3.63) is 246 Å². The first-order valence-electron chi connectivity index (χ1n) is 23.3. The molecule has 2 aromatic heterocycles. The highest BCUT2D eigenvalue weighted by atomic mass is 16.3. The van der Waals surface area contributed by atoms with Gasteiger partial charge in [0.1, 0.15) is 16.7 Å². The van der Waals surface area contributed by atoms with E-state index >= 15 is 0 Å². The van der Waals surface area contributed by atoms with Gasteiger partial charge in [0.05, 0.1) is 11.1 Å². The van der Waals surface area contributed by atoms with E-state index in [9.17, 15) is 0 Å². The van der Waals surface area contributed by atoms with Crippen LogP contribution in [-0.2, 0) is 10.8 Å². The first-order valence-corrected chi connectivity index (χ1v) is 23.3. The maximum absolute atomic E-state index is 7.18. The van der Waals surface area contributed by atoms with Gasteiger partial charge >= 0.3 is 0 Å². The van der Waals surface area contributed by atoms with Crippen LogP contribution in [-0.4, -0.2) is 0 Å². The van der Waals surface area contributed by atoms with Crippen molar-refractivity contribution in [2.75, 3.05) is 4.90 Å². The van der Waals surface area contributed by atoms with Gasteiger partial charge in [-0.3, -0.25) is 0 Å². The van der Waals surface area contributed by atoms with Crippen molar-refractivity contribution in [2.45, 2.75) is 24.7 Å². The Morgan fingerprint density at radius 3 is 1.39 bits per heavy atom. The van der Waals surface area contributed by atoms with Crippen LogP contribution in [0.5, 0.6) is 0 Å². The van der Waals surface area contributed by atoms with Crippen molar-refractivity contribution >= 4 is 60.9 Å². The third-order valence-electron chi connectivity index (χ3n) is 15.5. The summed E-state index contributed by atoms with van der Waals surface area (Å²) >= 11 is 0. The van der Waals surface area contributed by atoms with Gasteiger partial charge < -0.3 is 13.7 Å². The molecule has 10 aromatic carbocycles. The van der Waals surface area contributed by atoms with Crippen molar-refractivity contribution < 1.29 is 8.83 Å². The van der Waals surface area contributed by atoms with Gasteiger partial charge in [-0.15, -0.1) is 0 Å². The molecule has 0 bridgehead atoms. The van der Waals surface area contributed by atoms with Gasteiger partial charge in [-0.2, -0.15) is 0 Å². The van der Waals surface area contributed by atoms with Gasteiger partial charge in [-0.05, 0) is 115 Å². The van der Waals surface area contributed by atoms with Gasteiger partial charge in [0.25, 0.3) is 0 Å². The van der Waals surface area contributed by atoms with E-state index < -0.39 is 5.41 Å². The van der Waals surface area contributed by atoms with Crippen LogP contribution >= 0.6 is 0 Å². The fourth-order valence-electron chi connectivity index (χ4n) is 12.6. The summed E-state index contributed by atoms with van der Waals surface area (Å²) in [5.41, 5.74) is 23.8. The Bertz CT molecular complexity index is 4030. The summed E-state index contributed by atoms with van der Waals surface area (Å²) in [6.45, 7) is 4.72. The lowest BCUT2D eigenvalue weighted by Gasteiger charge is -2.32. The number of benzene rings is 10. The smallest absolute Gasteiger partial charge is 0.159 e. The summed E-state index contributed by atoms with van der Waals surface area (Å²) in [6.07, 6.45) is 0. The van der Waals surface area contributed by atoms with E-state index in [-0.39, 0.29) is 5.41 Å². The maximum atomic E-state index is 7.18. The van der Waals surface area contributed by atoms with Crippen molar-refractivity contribution in [3.63, 3.8) is 0 Å². The Labute approximate surface area is 387 Å². The molecule has 67 heavy (non-hydrogen) atoms. The molecule has 2 heterocycles. The molecule has 3 aliphatic carbocycles. The van der Waals surface area contributed by atoms with E-state index in [4.69, 9.17) is 8.83 Å². The van der Waals surface area contributed by atoms with E-state index in [1.54, 1.807) is 0 Å². The topological polar surface area (TPSA) is 29.5 Å². The second-order valence-electron chi connectivity index (χ2n) is 19.1. The SMILES string of the molecule is CC1(C)c2ccccc2-c2ccc(N(c3ccc4c(c3)C3(c5ccccc5-c5ccccc53)c3ccccc3-4)c3cccc4c3oc3cc5c(cc34)oc3c(-c4ccccc4)cccc35)cc21. The highest BCUT2D eigenvalue weighted by Gasteiger charge is 2.51. The molecule has 12 aromatic rings. The second-order valence-corrected chi connectivity index (χ2v) is 19.1. The monoisotopic (exact) mass is 855 g/mol. The molecule has 3 heteroatoms. The third-order valence-corrected chi connectivity index (χ3v) is 15.5. The van der Waals surface area contributed by atoms with E-state index in [2.05, 4.69) is 231 Å². The van der Waals surface area contributed by atoms with Gasteiger partial charge in [0.15, 0.2) is 5.58 Å². The highest BCUT2D eigenvalue weighted by Crippen LogP contribution is 2.63. The Hall–Kier alpha value is -8.40. The zero-order chi connectivity index (χ0) is 44.2. The first-order chi connectivity index (χ1) is 33.0. The van der Waals surface area contributed by atoms with E-state index in [1.165, 1.54) is 66.8 Å². The highest BCUT2D eigenvalue weighted by molar-refractivity contribution is 6.18. The Kier molecular flexibility index (Phi) is 7.22. The number of rotatable bonds is 4. The molecule has 15 rings (SSSR count). The minimum absolute atomic E-state index is 0.183. The summed E-state index contributed by atoms with van der Waals surface area (Å²) in [4.78, 5) is 2.44. The van der Waals surface area contributed by atoms with Crippen LogP contribution in [0.1, 0.15) is 47.2 Å². The van der Waals surface area contributed by atoms with Crippen LogP contribution in [0.25, 0.3) is 88.4 Å². The van der Waals surface area contributed by atoms with Crippen LogP contribution in [0.4, 0.5) is 17.1 Å². The minimum Gasteiger partial charge on any atom is -0.455 e. The summed E-state index contributed by atoms with van der Waals surface area (Å²) in [5, 5.41) is 4.18. The molecule has 0 radical (unpaired) electrons. The number of furan rings is 2. The quantitative estimate of drug-likeness (QED) is 0.177. The lowest BCUT2D eigenvalue weighted by atomic mass is 9.70. The number of hydrogen-bond acceptors (Lipinski definition) is 3. The molecule has 0 saturated carbocycles. The van der Waals surface area contributed by atoms with Gasteiger partial charge in [-0.1, -0.05) is 184 Å². The number of nitrogens with zero attached hydrogens (tertiary/aromatic N) is 1. The van der Waals surface area contributed by atoms with Crippen LogP contribution in [0, 0.1) is 0 Å². The number of hydrogen-bond donors (Lipinski definition) is 0. The first kappa shape index (κ1) is 36.9. The number of para-hydroxylation sites is 2. The second kappa shape index (κ2) is 13.1. The molecular formula is C64H41NO2.